The molecule has 5 nitrogen and oxygen atoms in total. The number of rotatable bonds is 6. The van der Waals surface area contributed by atoms with Gasteiger partial charge in [0.1, 0.15) is 19.0 Å². The van der Waals surface area contributed by atoms with E-state index >= 15 is 0 Å². The van der Waals surface area contributed by atoms with Crippen molar-refractivity contribution in [3.63, 3.8) is 0 Å². The van der Waals surface area contributed by atoms with E-state index in [0.29, 0.717) is 25.8 Å². The van der Waals surface area contributed by atoms with E-state index < -0.39 is 6.10 Å². The lowest BCUT2D eigenvalue weighted by Gasteiger charge is -2.25. The number of ether oxygens (including phenoxy) is 2. The Balaban J connectivity index is 1.46. The third-order valence-electron chi connectivity index (χ3n) is 4.36. The normalized spacial score (nSPS) is 18.2. The average molecular weight is 315 g/mol. The lowest BCUT2D eigenvalue weighted by atomic mass is 10.1. The van der Waals surface area contributed by atoms with Gasteiger partial charge < -0.3 is 19.0 Å². The second kappa shape index (κ2) is 6.26. The quantitative estimate of drug-likeness (QED) is 0.888. The monoisotopic (exact) mass is 315 g/mol. The number of hydrogen-bond donors (Lipinski definition) is 1. The van der Waals surface area contributed by atoms with Crippen molar-refractivity contribution in [2.75, 3.05) is 19.8 Å². The highest BCUT2D eigenvalue weighted by atomic mass is 16.6. The van der Waals surface area contributed by atoms with Gasteiger partial charge >= 0.3 is 0 Å². The maximum Gasteiger partial charge on any atom is 0.161 e. The summed E-state index contributed by atoms with van der Waals surface area (Å²) in [5.74, 6) is 2.41. The van der Waals surface area contributed by atoms with Gasteiger partial charge in [-0.25, -0.2) is 0 Å². The zero-order chi connectivity index (χ0) is 15.6. The molecule has 5 heteroatoms. The van der Waals surface area contributed by atoms with Gasteiger partial charge in [0.05, 0.1) is 18.9 Å². The number of benzene rings is 1. The van der Waals surface area contributed by atoms with Crippen LogP contribution in [0, 0.1) is 0 Å². The summed E-state index contributed by atoms with van der Waals surface area (Å²) < 4.78 is 16.6. The smallest absolute Gasteiger partial charge is 0.161 e. The Bertz CT molecular complexity index is 651. The fraction of sp³-hybridized carbons (Fsp3) is 0.444. The number of fused-ring (bicyclic) bond motifs is 1. The van der Waals surface area contributed by atoms with Gasteiger partial charge in [0.15, 0.2) is 11.5 Å². The molecule has 1 fully saturated rings. The number of furan rings is 1. The van der Waals surface area contributed by atoms with Crippen LogP contribution < -0.4 is 9.47 Å². The Kier molecular flexibility index (Phi) is 3.97. The van der Waals surface area contributed by atoms with Crippen LogP contribution in [0.25, 0.3) is 0 Å². The SMILES string of the molecule is O[C@H](CN(Cc1ccco1)C1CC1)c1ccc2c(c1)OCCO2. The summed E-state index contributed by atoms with van der Waals surface area (Å²) in [4.78, 5) is 2.29. The van der Waals surface area contributed by atoms with Crippen molar-refractivity contribution in [2.45, 2.75) is 31.5 Å². The lowest BCUT2D eigenvalue weighted by Crippen LogP contribution is -2.30. The molecule has 1 aromatic heterocycles. The summed E-state index contributed by atoms with van der Waals surface area (Å²) in [6.07, 6.45) is 3.52. The molecule has 4 rings (SSSR count). The summed E-state index contributed by atoms with van der Waals surface area (Å²) in [7, 11) is 0. The summed E-state index contributed by atoms with van der Waals surface area (Å²) >= 11 is 0. The second-order valence-electron chi connectivity index (χ2n) is 6.16. The topological polar surface area (TPSA) is 55.1 Å². The van der Waals surface area contributed by atoms with E-state index in [1.54, 1.807) is 6.26 Å². The molecule has 0 unspecified atom stereocenters. The molecule has 122 valence electrons. The third kappa shape index (κ3) is 3.35. The molecule has 0 spiro atoms. The molecule has 0 bridgehead atoms. The maximum atomic E-state index is 10.6. The standard InChI is InChI=1S/C18H21NO4/c20-16(13-3-6-17-18(10-13)23-9-8-22-17)12-19(14-4-5-14)11-15-2-1-7-21-15/h1-3,6-7,10,14,16,20H,4-5,8-9,11-12H2/t16-/m1/s1. The summed E-state index contributed by atoms with van der Waals surface area (Å²) in [6, 6.07) is 10.1. The van der Waals surface area contributed by atoms with Gasteiger partial charge in [-0.1, -0.05) is 6.07 Å². The molecule has 2 aliphatic rings. The van der Waals surface area contributed by atoms with Crippen LogP contribution in [0.4, 0.5) is 0 Å². The van der Waals surface area contributed by atoms with Gasteiger partial charge in [0.25, 0.3) is 0 Å². The highest BCUT2D eigenvalue weighted by molar-refractivity contribution is 5.44. The predicted molar refractivity (Wildman–Crippen MR) is 84.5 cm³/mol. The van der Waals surface area contributed by atoms with Crippen molar-refractivity contribution in [1.29, 1.82) is 0 Å². The molecule has 1 atom stereocenters. The van der Waals surface area contributed by atoms with Crippen LogP contribution in [0.5, 0.6) is 11.5 Å². The fourth-order valence-electron chi connectivity index (χ4n) is 2.98. The summed E-state index contributed by atoms with van der Waals surface area (Å²) in [5.41, 5.74) is 0.861. The van der Waals surface area contributed by atoms with Crippen molar-refractivity contribution in [3.8, 4) is 11.5 Å². The molecule has 1 aliphatic carbocycles. The zero-order valence-corrected chi connectivity index (χ0v) is 13.0. The summed E-state index contributed by atoms with van der Waals surface area (Å²) in [5, 5.41) is 10.6. The molecule has 1 aromatic carbocycles. The van der Waals surface area contributed by atoms with Gasteiger partial charge in [-0.3, -0.25) is 4.90 Å². The minimum absolute atomic E-state index is 0.548. The fourth-order valence-corrected chi connectivity index (χ4v) is 2.98. The van der Waals surface area contributed by atoms with Crippen LogP contribution in [0.15, 0.2) is 41.0 Å². The van der Waals surface area contributed by atoms with Crippen LogP contribution >= 0.6 is 0 Å². The largest absolute Gasteiger partial charge is 0.486 e. The van der Waals surface area contributed by atoms with Gasteiger partial charge in [-0.15, -0.1) is 0 Å². The van der Waals surface area contributed by atoms with Crippen LogP contribution in [0.2, 0.25) is 0 Å². The Hall–Kier alpha value is -1.98. The first-order chi connectivity index (χ1) is 11.3. The van der Waals surface area contributed by atoms with Gasteiger partial charge in [0.2, 0.25) is 0 Å². The predicted octanol–water partition coefficient (Wildman–Crippen LogP) is 2.75. The van der Waals surface area contributed by atoms with E-state index in [2.05, 4.69) is 4.90 Å². The lowest BCUT2D eigenvalue weighted by molar-refractivity contribution is 0.0992. The number of hydrogen-bond acceptors (Lipinski definition) is 5. The first-order valence-electron chi connectivity index (χ1n) is 8.13. The van der Waals surface area contributed by atoms with Crippen molar-refractivity contribution >= 4 is 0 Å². The van der Waals surface area contributed by atoms with E-state index in [1.165, 1.54) is 12.8 Å². The van der Waals surface area contributed by atoms with E-state index in [0.717, 1.165) is 29.4 Å². The van der Waals surface area contributed by atoms with Crippen molar-refractivity contribution in [1.82, 2.24) is 4.90 Å². The highest BCUT2D eigenvalue weighted by Gasteiger charge is 2.31. The molecule has 2 heterocycles. The van der Waals surface area contributed by atoms with E-state index in [-0.39, 0.29) is 0 Å². The van der Waals surface area contributed by atoms with Crippen molar-refractivity contribution < 1.29 is 19.0 Å². The Morgan fingerprint density at radius 3 is 2.70 bits per heavy atom. The third-order valence-corrected chi connectivity index (χ3v) is 4.36. The van der Waals surface area contributed by atoms with E-state index in [4.69, 9.17) is 13.9 Å². The molecule has 1 aliphatic heterocycles. The Labute approximate surface area is 135 Å². The van der Waals surface area contributed by atoms with Crippen LogP contribution in [0.3, 0.4) is 0 Å². The van der Waals surface area contributed by atoms with E-state index in [9.17, 15) is 5.11 Å². The second-order valence-corrected chi connectivity index (χ2v) is 6.16. The van der Waals surface area contributed by atoms with Crippen molar-refractivity contribution in [2.24, 2.45) is 0 Å². The molecular weight excluding hydrogens is 294 g/mol. The van der Waals surface area contributed by atoms with Crippen LogP contribution in [0.1, 0.15) is 30.3 Å². The molecule has 0 radical (unpaired) electrons. The molecular formula is C18H21NO4. The van der Waals surface area contributed by atoms with Crippen molar-refractivity contribution in [3.05, 3.63) is 47.9 Å². The Morgan fingerprint density at radius 1 is 1.13 bits per heavy atom. The van der Waals surface area contributed by atoms with Crippen LogP contribution in [-0.2, 0) is 6.54 Å². The molecule has 23 heavy (non-hydrogen) atoms. The number of nitrogens with zero attached hydrogens (tertiary/aromatic N) is 1. The molecule has 2 aromatic rings. The minimum Gasteiger partial charge on any atom is -0.486 e. The van der Waals surface area contributed by atoms with Gasteiger partial charge in [0, 0.05) is 12.6 Å². The minimum atomic E-state index is -0.554. The number of aliphatic hydroxyl groups is 1. The first kappa shape index (κ1) is 14.6. The average Bonchev–Trinajstić information content (AvgIpc) is 3.31. The van der Waals surface area contributed by atoms with Crippen LogP contribution in [-0.4, -0.2) is 35.8 Å². The van der Waals surface area contributed by atoms with E-state index in [1.807, 2.05) is 30.3 Å². The molecule has 0 amide bonds. The highest BCUT2D eigenvalue weighted by Crippen LogP contribution is 2.34. The van der Waals surface area contributed by atoms with Gasteiger partial charge in [-0.05, 0) is 42.7 Å². The number of aliphatic hydroxyl groups excluding tert-OH is 1. The molecule has 1 saturated carbocycles. The maximum absolute atomic E-state index is 10.6. The summed E-state index contributed by atoms with van der Waals surface area (Å²) in [6.45, 7) is 2.46. The zero-order valence-electron chi connectivity index (χ0n) is 13.0. The Morgan fingerprint density at radius 2 is 1.96 bits per heavy atom. The first-order valence-corrected chi connectivity index (χ1v) is 8.13. The molecule has 0 saturated heterocycles. The molecule has 1 N–H and O–H groups in total. The van der Waals surface area contributed by atoms with Gasteiger partial charge in [-0.2, -0.15) is 0 Å².